The number of amides is 1. The zero-order valence-electron chi connectivity index (χ0n) is 18.8. The zero-order chi connectivity index (χ0) is 21.0. The number of ether oxygens (including phenoxy) is 1. The zero-order valence-corrected chi connectivity index (χ0v) is 18.8. The van der Waals surface area contributed by atoms with E-state index in [-0.39, 0.29) is 18.2 Å². The number of rotatable bonds is 5. The summed E-state index contributed by atoms with van der Waals surface area (Å²) in [7, 11) is 2.18. The first-order chi connectivity index (χ1) is 13.7. The third-order valence-electron chi connectivity index (χ3n) is 5.78. The molecule has 0 spiro atoms. The molecule has 29 heavy (non-hydrogen) atoms. The van der Waals surface area contributed by atoms with Gasteiger partial charge in [-0.1, -0.05) is 0 Å². The molecule has 0 bridgehead atoms. The highest BCUT2D eigenvalue weighted by Gasteiger charge is 2.32. The summed E-state index contributed by atoms with van der Waals surface area (Å²) in [4.78, 5) is 19.2. The van der Waals surface area contributed by atoms with E-state index in [2.05, 4.69) is 53.4 Å². The second kappa shape index (κ2) is 9.24. The third-order valence-corrected chi connectivity index (χ3v) is 5.78. The summed E-state index contributed by atoms with van der Waals surface area (Å²) in [5.74, 6) is 0. The first kappa shape index (κ1) is 21.8. The number of benzene rings is 1. The standard InChI is InChI=1S/C23H38N4O2/c1-18(17-21-7-6-12-27(21)22(28)29-23(2,3)4)24-19-8-10-20(11-9-19)26-15-13-25(5)14-16-26/h8-11,18,21,24H,6-7,12-17H2,1-5H3/t18-,21+/m1/s1. The van der Waals surface area contributed by atoms with Crippen LogP contribution in [0, 0.1) is 0 Å². The molecule has 162 valence electrons. The number of likely N-dealkylation sites (tertiary alicyclic amines) is 1. The Morgan fingerprint density at radius 2 is 1.79 bits per heavy atom. The van der Waals surface area contributed by atoms with Crippen molar-refractivity contribution in [1.29, 1.82) is 0 Å². The van der Waals surface area contributed by atoms with Gasteiger partial charge in [0.25, 0.3) is 0 Å². The highest BCUT2D eigenvalue weighted by Crippen LogP contribution is 2.26. The molecule has 2 heterocycles. The molecule has 6 heteroatoms. The minimum atomic E-state index is -0.445. The van der Waals surface area contributed by atoms with Gasteiger partial charge in [-0.2, -0.15) is 0 Å². The maximum Gasteiger partial charge on any atom is 0.410 e. The maximum absolute atomic E-state index is 12.5. The summed E-state index contributed by atoms with van der Waals surface area (Å²) >= 11 is 0. The van der Waals surface area contributed by atoms with Crippen molar-refractivity contribution in [2.75, 3.05) is 50.0 Å². The van der Waals surface area contributed by atoms with Gasteiger partial charge >= 0.3 is 6.09 Å². The Labute approximate surface area is 176 Å². The van der Waals surface area contributed by atoms with Crippen LogP contribution >= 0.6 is 0 Å². The monoisotopic (exact) mass is 402 g/mol. The Morgan fingerprint density at radius 1 is 1.14 bits per heavy atom. The van der Waals surface area contributed by atoms with E-state index in [4.69, 9.17) is 4.74 Å². The maximum atomic E-state index is 12.5. The Bertz CT molecular complexity index is 662. The topological polar surface area (TPSA) is 48.1 Å². The summed E-state index contributed by atoms with van der Waals surface area (Å²) in [5, 5.41) is 3.61. The summed E-state index contributed by atoms with van der Waals surface area (Å²) < 4.78 is 5.59. The molecule has 0 unspecified atom stereocenters. The lowest BCUT2D eigenvalue weighted by atomic mass is 10.1. The Balaban J connectivity index is 1.51. The van der Waals surface area contributed by atoms with Gasteiger partial charge in [-0.25, -0.2) is 4.79 Å². The number of likely N-dealkylation sites (N-methyl/N-ethyl adjacent to an activating group) is 1. The van der Waals surface area contributed by atoms with Gasteiger partial charge in [0, 0.05) is 56.2 Å². The van der Waals surface area contributed by atoms with E-state index in [9.17, 15) is 4.79 Å². The van der Waals surface area contributed by atoms with Crippen molar-refractivity contribution in [2.45, 2.75) is 64.6 Å². The van der Waals surface area contributed by atoms with Crippen molar-refractivity contribution < 1.29 is 9.53 Å². The lowest BCUT2D eigenvalue weighted by Crippen LogP contribution is -2.44. The first-order valence-corrected chi connectivity index (χ1v) is 11.0. The quantitative estimate of drug-likeness (QED) is 0.806. The molecule has 1 aromatic rings. The molecule has 0 saturated carbocycles. The van der Waals surface area contributed by atoms with Crippen LogP contribution in [0.4, 0.5) is 16.2 Å². The van der Waals surface area contributed by atoms with Crippen molar-refractivity contribution >= 4 is 17.5 Å². The minimum absolute atomic E-state index is 0.177. The predicted octanol–water partition coefficient (Wildman–Crippen LogP) is 4.03. The molecule has 2 aliphatic heterocycles. The van der Waals surface area contributed by atoms with Crippen molar-refractivity contribution in [3.05, 3.63) is 24.3 Å². The van der Waals surface area contributed by atoms with Crippen LogP contribution in [0.2, 0.25) is 0 Å². The minimum Gasteiger partial charge on any atom is -0.444 e. The fraction of sp³-hybridized carbons (Fsp3) is 0.696. The van der Waals surface area contributed by atoms with Crippen LogP contribution in [0.15, 0.2) is 24.3 Å². The van der Waals surface area contributed by atoms with Crippen LogP contribution in [0.3, 0.4) is 0 Å². The van der Waals surface area contributed by atoms with Crippen LogP contribution in [0.25, 0.3) is 0 Å². The van der Waals surface area contributed by atoms with Crippen LogP contribution in [-0.4, -0.2) is 73.3 Å². The van der Waals surface area contributed by atoms with E-state index in [1.807, 2.05) is 25.7 Å². The van der Waals surface area contributed by atoms with E-state index in [1.54, 1.807) is 0 Å². The number of nitrogens with one attached hydrogen (secondary N) is 1. The summed E-state index contributed by atoms with van der Waals surface area (Å²) in [5.41, 5.74) is 1.99. The third kappa shape index (κ3) is 6.26. The molecule has 2 fully saturated rings. The Kier molecular flexibility index (Phi) is 6.93. The van der Waals surface area contributed by atoms with Gasteiger partial charge in [-0.05, 0) is 78.3 Å². The highest BCUT2D eigenvalue weighted by molar-refractivity contribution is 5.69. The highest BCUT2D eigenvalue weighted by atomic mass is 16.6. The van der Waals surface area contributed by atoms with Crippen molar-refractivity contribution in [3.63, 3.8) is 0 Å². The molecule has 6 nitrogen and oxygen atoms in total. The lowest BCUT2D eigenvalue weighted by Gasteiger charge is -2.34. The molecular formula is C23H38N4O2. The van der Waals surface area contributed by atoms with Gasteiger partial charge in [-0.15, -0.1) is 0 Å². The van der Waals surface area contributed by atoms with Gasteiger partial charge in [0.2, 0.25) is 0 Å². The first-order valence-electron chi connectivity index (χ1n) is 11.0. The molecule has 1 N–H and O–H groups in total. The lowest BCUT2D eigenvalue weighted by molar-refractivity contribution is 0.0218. The normalized spacial score (nSPS) is 21.9. The molecule has 0 aliphatic carbocycles. The number of carbonyl (C=O) groups excluding carboxylic acids is 1. The van der Waals surface area contributed by atoms with E-state index >= 15 is 0 Å². The van der Waals surface area contributed by atoms with Crippen LogP contribution < -0.4 is 10.2 Å². The number of hydrogen-bond donors (Lipinski definition) is 1. The smallest absolute Gasteiger partial charge is 0.410 e. The number of piperazine rings is 1. The van der Waals surface area contributed by atoms with Crippen molar-refractivity contribution in [2.24, 2.45) is 0 Å². The molecule has 2 atom stereocenters. The van der Waals surface area contributed by atoms with Crippen LogP contribution in [0.5, 0.6) is 0 Å². The molecule has 2 saturated heterocycles. The predicted molar refractivity (Wildman–Crippen MR) is 120 cm³/mol. The molecule has 0 aromatic heterocycles. The van der Waals surface area contributed by atoms with E-state index in [0.29, 0.717) is 0 Å². The van der Waals surface area contributed by atoms with Gasteiger partial charge in [0.1, 0.15) is 5.60 Å². The van der Waals surface area contributed by atoms with E-state index < -0.39 is 5.60 Å². The van der Waals surface area contributed by atoms with Crippen molar-refractivity contribution in [3.8, 4) is 0 Å². The summed E-state index contributed by atoms with van der Waals surface area (Å²) in [6, 6.07) is 9.30. The second-order valence-corrected chi connectivity index (χ2v) is 9.59. The SMILES string of the molecule is C[C@H](C[C@@H]1CCCN1C(=O)OC(C)(C)C)Nc1ccc(N2CCN(C)CC2)cc1. The molecular weight excluding hydrogens is 364 g/mol. The average Bonchev–Trinajstić information content (AvgIpc) is 3.10. The fourth-order valence-corrected chi connectivity index (χ4v) is 4.23. The average molecular weight is 403 g/mol. The van der Waals surface area contributed by atoms with Gasteiger partial charge in [0.15, 0.2) is 0 Å². The molecule has 1 amide bonds. The van der Waals surface area contributed by atoms with Crippen LogP contribution in [0.1, 0.15) is 47.0 Å². The number of carbonyl (C=O) groups is 1. The van der Waals surface area contributed by atoms with Gasteiger partial charge in [-0.3, -0.25) is 0 Å². The van der Waals surface area contributed by atoms with E-state index in [0.717, 1.165) is 57.7 Å². The molecule has 2 aliphatic rings. The Hall–Kier alpha value is -1.95. The second-order valence-electron chi connectivity index (χ2n) is 9.59. The molecule has 1 aromatic carbocycles. The number of hydrogen-bond acceptors (Lipinski definition) is 5. The van der Waals surface area contributed by atoms with Crippen LogP contribution in [-0.2, 0) is 4.74 Å². The largest absolute Gasteiger partial charge is 0.444 e. The Morgan fingerprint density at radius 3 is 2.41 bits per heavy atom. The summed E-state index contributed by atoms with van der Waals surface area (Å²) in [6.45, 7) is 13.2. The van der Waals surface area contributed by atoms with Crippen molar-refractivity contribution in [1.82, 2.24) is 9.80 Å². The summed E-state index contributed by atoms with van der Waals surface area (Å²) in [6.07, 6.45) is 2.85. The van der Waals surface area contributed by atoms with E-state index in [1.165, 1.54) is 5.69 Å². The van der Waals surface area contributed by atoms with Gasteiger partial charge < -0.3 is 24.8 Å². The number of nitrogens with zero attached hydrogens (tertiary/aromatic N) is 3. The number of anilines is 2. The fourth-order valence-electron chi connectivity index (χ4n) is 4.23. The molecule has 3 rings (SSSR count). The molecule has 0 radical (unpaired) electrons. The van der Waals surface area contributed by atoms with Gasteiger partial charge in [0.05, 0.1) is 0 Å².